The molecule has 0 spiro atoms. The van der Waals surface area contributed by atoms with Crippen LogP contribution in [-0.2, 0) is 19.3 Å². The second-order valence-corrected chi connectivity index (χ2v) is 4.86. The molecule has 1 aromatic heterocycles. The minimum absolute atomic E-state index is 0.564. The highest BCUT2D eigenvalue weighted by molar-refractivity contribution is 5.29. The average Bonchev–Trinajstić information content (AvgIpc) is 2.83. The van der Waals surface area contributed by atoms with Crippen LogP contribution in [0.1, 0.15) is 50.1 Å². The van der Waals surface area contributed by atoms with Gasteiger partial charge in [0.15, 0.2) is 0 Å². The fourth-order valence-corrected chi connectivity index (χ4v) is 2.55. The Kier molecular flexibility index (Phi) is 4.49. The van der Waals surface area contributed by atoms with Gasteiger partial charge in [-0.3, -0.25) is 0 Å². The van der Waals surface area contributed by atoms with Crippen LogP contribution >= 0.6 is 0 Å². The van der Waals surface area contributed by atoms with Crippen molar-refractivity contribution in [2.24, 2.45) is 0 Å². The molecule has 2 rings (SSSR count). The van der Waals surface area contributed by atoms with E-state index in [0.717, 1.165) is 19.4 Å². The molecule has 3 heteroatoms. The Bertz CT molecular complexity index is 362. The molecule has 0 saturated heterocycles. The second-order valence-electron chi connectivity index (χ2n) is 4.86. The third-order valence-corrected chi connectivity index (χ3v) is 3.58. The van der Waals surface area contributed by atoms with Crippen molar-refractivity contribution >= 4 is 0 Å². The monoisotopic (exact) mass is 233 g/mol. The summed E-state index contributed by atoms with van der Waals surface area (Å²) in [6.45, 7) is 5.56. The number of rotatable bonds is 6. The maximum Gasteiger partial charge on any atom is 0.115 e. The van der Waals surface area contributed by atoms with E-state index in [1.54, 1.807) is 6.33 Å². The van der Waals surface area contributed by atoms with Crippen molar-refractivity contribution < 1.29 is 0 Å². The summed E-state index contributed by atoms with van der Waals surface area (Å²) in [6.07, 6.45) is 8.73. The Morgan fingerprint density at radius 3 is 2.94 bits per heavy atom. The Morgan fingerprint density at radius 1 is 1.29 bits per heavy atom. The van der Waals surface area contributed by atoms with Gasteiger partial charge in [-0.1, -0.05) is 13.8 Å². The van der Waals surface area contributed by atoms with E-state index in [0.29, 0.717) is 6.04 Å². The van der Waals surface area contributed by atoms with Crippen LogP contribution in [0, 0.1) is 0 Å². The number of nitrogens with one attached hydrogen (secondary N) is 1. The highest BCUT2D eigenvalue weighted by Gasteiger charge is 2.18. The van der Waals surface area contributed by atoms with E-state index in [4.69, 9.17) is 0 Å². The molecule has 1 N–H and O–H groups in total. The zero-order valence-electron chi connectivity index (χ0n) is 11.0. The molecule has 0 aliphatic heterocycles. The Morgan fingerprint density at radius 2 is 2.18 bits per heavy atom. The third kappa shape index (κ3) is 3.03. The van der Waals surface area contributed by atoms with Gasteiger partial charge >= 0.3 is 0 Å². The quantitative estimate of drug-likeness (QED) is 0.819. The Balaban J connectivity index is 2.04. The van der Waals surface area contributed by atoms with Crippen LogP contribution in [0.3, 0.4) is 0 Å². The molecule has 0 amide bonds. The molecule has 1 aliphatic rings. The van der Waals surface area contributed by atoms with E-state index >= 15 is 0 Å². The maximum atomic E-state index is 4.50. The summed E-state index contributed by atoms with van der Waals surface area (Å²) in [5, 5.41) is 3.60. The molecule has 1 unspecified atom stereocenters. The molecule has 0 bridgehead atoms. The topological polar surface area (TPSA) is 37.8 Å². The molecular weight excluding hydrogens is 210 g/mol. The molecule has 1 aliphatic carbocycles. The first-order valence-corrected chi connectivity index (χ1v) is 6.90. The van der Waals surface area contributed by atoms with Crippen molar-refractivity contribution in [3.63, 3.8) is 0 Å². The third-order valence-electron chi connectivity index (χ3n) is 3.58. The number of fused-ring (bicyclic) bond motifs is 1. The number of hydrogen-bond acceptors (Lipinski definition) is 3. The lowest BCUT2D eigenvalue weighted by molar-refractivity contribution is 0.489. The van der Waals surface area contributed by atoms with Crippen molar-refractivity contribution in [2.75, 3.05) is 6.54 Å². The molecule has 0 radical (unpaired) electrons. The number of aromatic nitrogens is 2. The van der Waals surface area contributed by atoms with Crippen molar-refractivity contribution in [3.05, 3.63) is 23.3 Å². The van der Waals surface area contributed by atoms with Crippen LogP contribution in [0.15, 0.2) is 6.33 Å². The zero-order valence-corrected chi connectivity index (χ0v) is 11.0. The maximum absolute atomic E-state index is 4.50. The summed E-state index contributed by atoms with van der Waals surface area (Å²) in [7, 11) is 0. The van der Waals surface area contributed by atoms with Gasteiger partial charge in [0.2, 0.25) is 0 Å². The minimum atomic E-state index is 0.564. The molecule has 0 aromatic carbocycles. The molecule has 0 saturated carbocycles. The van der Waals surface area contributed by atoms with E-state index in [1.807, 2.05) is 0 Å². The van der Waals surface area contributed by atoms with Gasteiger partial charge in [0.25, 0.3) is 0 Å². The van der Waals surface area contributed by atoms with Gasteiger partial charge in [0, 0.05) is 23.9 Å². The minimum Gasteiger partial charge on any atom is -0.314 e. The van der Waals surface area contributed by atoms with E-state index in [2.05, 4.69) is 29.1 Å². The predicted molar refractivity (Wildman–Crippen MR) is 70.1 cm³/mol. The van der Waals surface area contributed by atoms with Crippen LogP contribution in [0.2, 0.25) is 0 Å². The summed E-state index contributed by atoms with van der Waals surface area (Å²) < 4.78 is 0. The van der Waals surface area contributed by atoms with Crippen molar-refractivity contribution in [1.82, 2.24) is 15.3 Å². The number of hydrogen-bond donors (Lipinski definition) is 1. The lowest BCUT2D eigenvalue weighted by atomic mass is 10.0. The zero-order chi connectivity index (χ0) is 12.1. The predicted octanol–water partition coefficient (Wildman–Crippen LogP) is 2.29. The second kappa shape index (κ2) is 6.10. The fraction of sp³-hybridized carbons (Fsp3) is 0.714. The summed E-state index contributed by atoms with van der Waals surface area (Å²) in [4.78, 5) is 8.88. The van der Waals surface area contributed by atoms with Crippen LogP contribution < -0.4 is 5.32 Å². The van der Waals surface area contributed by atoms with Crippen molar-refractivity contribution in [3.8, 4) is 0 Å². The van der Waals surface area contributed by atoms with Crippen molar-refractivity contribution in [2.45, 2.75) is 58.4 Å². The summed E-state index contributed by atoms with van der Waals surface area (Å²) in [6, 6.07) is 0.564. The average molecular weight is 233 g/mol. The van der Waals surface area contributed by atoms with E-state index in [-0.39, 0.29) is 0 Å². The Hall–Kier alpha value is -0.960. The van der Waals surface area contributed by atoms with Crippen LogP contribution in [0.5, 0.6) is 0 Å². The highest BCUT2D eigenvalue weighted by Crippen LogP contribution is 2.22. The van der Waals surface area contributed by atoms with E-state index < -0.39 is 0 Å². The summed E-state index contributed by atoms with van der Waals surface area (Å²) in [5.74, 6) is 0. The van der Waals surface area contributed by atoms with Gasteiger partial charge in [-0.15, -0.1) is 0 Å². The first-order chi connectivity index (χ1) is 8.35. The smallest absolute Gasteiger partial charge is 0.115 e. The molecule has 1 heterocycles. The molecule has 94 valence electrons. The Labute approximate surface area is 104 Å². The van der Waals surface area contributed by atoms with E-state index in [1.165, 1.54) is 42.6 Å². The molecule has 3 nitrogen and oxygen atoms in total. The molecule has 1 aromatic rings. The molecule has 17 heavy (non-hydrogen) atoms. The SMILES string of the molecule is CCCNC(CC)Cc1ncnc2c1CCC2. The van der Waals surface area contributed by atoms with Crippen molar-refractivity contribution in [1.29, 1.82) is 0 Å². The lowest BCUT2D eigenvalue weighted by Crippen LogP contribution is -2.31. The largest absolute Gasteiger partial charge is 0.314 e. The fourth-order valence-electron chi connectivity index (χ4n) is 2.55. The van der Waals surface area contributed by atoms with Crippen LogP contribution in [0.4, 0.5) is 0 Å². The van der Waals surface area contributed by atoms with Crippen LogP contribution in [0.25, 0.3) is 0 Å². The number of nitrogens with zero attached hydrogens (tertiary/aromatic N) is 2. The summed E-state index contributed by atoms with van der Waals surface area (Å²) >= 11 is 0. The van der Waals surface area contributed by atoms with Gasteiger partial charge in [-0.25, -0.2) is 9.97 Å². The van der Waals surface area contributed by atoms with Gasteiger partial charge in [0.05, 0.1) is 0 Å². The van der Waals surface area contributed by atoms with Gasteiger partial charge < -0.3 is 5.32 Å². The van der Waals surface area contributed by atoms with Gasteiger partial charge in [-0.2, -0.15) is 0 Å². The first-order valence-electron chi connectivity index (χ1n) is 6.90. The highest BCUT2D eigenvalue weighted by atomic mass is 14.9. The summed E-state index contributed by atoms with van der Waals surface area (Å²) in [5.41, 5.74) is 4.01. The standard InChI is InChI=1S/C14H23N3/c1-3-8-15-11(4-2)9-14-12-6-5-7-13(12)16-10-17-14/h10-11,15H,3-9H2,1-2H3. The molecule has 0 fully saturated rings. The van der Waals surface area contributed by atoms with Gasteiger partial charge in [0.1, 0.15) is 6.33 Å². The number of aryl methyl sites for hydroxylation is 1. The normalized spacial score (nSPS) is 15.9. The molecular formula is C14H23N3. The first kappa shape index (κ1) is 12.5. The lowest BCUT2D eigenvalue weighted by Gasteiger charge is -2.17. The van der Waals surface area contributed by atoms with E-state index in [9.17, 15) is 0 Å². The van der Waals surface area contributed by atoms with Gasteiger partial charge in [-0.05, 0) is 44.2 Å². The van der Waals surface area contributed by atoms with Crippen LogP contribution in [-0.4, -0.2) is 22.6 Å². The molecule has 1 atom stereocenters.